The molecule has 1 N–H and O–H groups in total. The van der Waals surface area contributed by atoms with E-state index in [0.29, 0.717) is 17.0 Å². The second kappa shape index (κ2) is 7.97. The van der Waals surface area contributed by atoms with Gasteiger partial charge in [0.05, 0.1) is 23.3 Å². The molecular weight excluding hydrogens is 374 g/mol. The van der Waals surface area contributed by atoms with Gasteiger partial charge in [0.15, 0.2) is 0 Å². The van der Waals surface area contributed by atoms with Gasteiger partial charge in [-0.15, -0.1) is 6.58 Å². The van der Waals surface area contributed by atoms with E-state index in [9.17, 15) is 19.7 Å². The fourth-order valence-corrected chi connectivity index (χ4v) is 3.06. The number of aryl methyl sites for hydroxylation is 1. The molecule has 0 aromatic heterocycles. The van der Waals surface area contributed by atoms with Gasteiger partial charge in [0, 0.05) is 18.7 Å². The van der Waals surface area contributed by atoms with Gasteiger partial charge in [0.25, 0.3) is 17.5 Å². The largest absolute Gasteiger partial charge is 0.495 e. The van der Waals surface area contributed by atoms with E-state index in [2.05, 4.69) is 11.9 Å². The van der Waals surface area contributed by atoms with Gasteiger partial charge in [-0.2, -0.15) is 0 Å². The highest BCUT2D eigenvalue weighted by Crippen LogP contribution is 2.34. The van der Waals surface area contributed by atoms with Crippen molar-refractivity contribution in [1.82, 2.24) is 4.90 Å². The molecule has 0 saturated carbocycles. The van der Waals surface area contributed by atoms with Gasteiger partial charge >= 0.3 is 0 Å². The molecule has 8 heteroatoms. The predicted molar refractivity (Wildman–Crippen MR) is 108 cm³/mol. The topological polar surface area (TPSA) is 102 Å². The lowest BCUT2D eigenvalue weighted by Crippen LogP contribution is -2.32. The zero-order valence-electron chi connectivity index (χ0n) is 16.0. The molecule has 2 aromatic rings. The third-order valence-corrected chi connectivity index (χ3v) is 4.46. The number of benzene rings is 2. The van der Waals surface area contributed by atoms with Crippen LogP contribution in [-0.2, 0) is 9.59 Å². The number of nitro benzene ring substituents is 1. The number of nitrogens with zero attached hydrogens (tertiary/aromatic N) is 2. The molecule has 0 bridgehead atoms. The van der Waals surface area contributed by atoms with Crippen molar-refractivity contribution in [1.29, 1.82) is 0 Å². The maximum atomic E-state index is 12.9. The minimum Gasteiger partial charge on any atom is -0.495 e. The quantitative estimate of drug-likeness (QED) is 0.335. The molecular formula is C21H19N3O5. The lowest BCUT2D eigenvalue weighted by Gasteiger charge is -2.14. The monoisotopic (exact) mass is 393 g/mol. The lowest BCUT2D eigenvalue weighted by molar-refractivity contribution is -0.384. The summed E-state index contributed by atoms with van der Waals surface area (Å²) in [6.45, 7) is 5.53. The first-order valence-corrected chi connectivity index (χ1v) is 8.75. The van der Waals surface area contributed by atoms with Crippen LogP contribution < -0.4 is 10.1 Å². The number of carbonyl (C=O) groups excluding carboxylic acids is 2. The number of methoxy groups -OCH3 is 1. The normalized spacial score (nSPS) is 13.7. The summed E-state index contributed by atoms with van der Waals surface area (Å²) < 4.78 is 5.34. The van der Waals surface area contributed by atoms with Crippen LogP contribution in [0.3, 0.4) is 0 Å². The maximum Gasteiger partial charge on any atom is 0.278 e. The molecule has 0 atom stereocenters. The summed E-state index contributed by atoms with van der Waals surface area (Å²) in [5.74, 6) is -0.502. The van der Waals surface area contributed by atoms with E-state index >= 15 is 0 Å². The molecule has 0 fully saturated rings. The Labute approximate surface area is 167 Å². The first-order chi connectivity index (χ1) is 13.9. The number of ether oxygens (including phenoxy) is 1. The van der Waals surface area contributed by atoms with Crippen molar-refractivity contribution >= 4 is 28.8 Å². The van der Waals surface area contributed by atoms with Crippen molar-refractivity contribution in [2.45, 2.75) is 6.92 Å². The lowest BCUT2D eigenvalue weighted by atomic mass is 10.0. The molecule has 2 amide bonds. The Hall–Kier alpha value is -3.94. The Morgan fingerprint density at radius 1 is 1.17 bits per heavy atom. The van der Waals surface area contributed by atoms with Gasteiger partial charge in [-0.05, 0) is 42.3 Å². The number of hydrogen-bond donors (Lipinski definition) is 1. The third-order valence-electron chi connectivity index (χ3n) is 4.46. The summed E-state index contributed by atoms with van der Waals surface area (Å²) >= 11 is 0. The first-order valence-electron chi connectivity index (χ1n) is 8.75. The molecule has 1 aliphatic rings. The van der Waals surface area contributed by atoms with Crippen molar-refractivity contribution in [2.24, 2.45) is 0 Å². The predicted octanol–water partition coefficient (Wildman–Crippen LogP) is 3.29. The van der Waals surface area contributed by atoms with Crippen LogP contribution in [-0.4, -0.2) is 35.3 Å². The Balaban J connectivity index is 2.12. The van der Waals surface area contributed by atoms with Crippen LogP contribution in [0.5, 0.6) is 5.75 Å². The fourth-order valence-electron chi connectivity index (χ4n) is 3.06. The maximum absolute atomic E-state index is 12.9. The summed E-state index contributed by atoms with van der Waals surface area (Å²) in [7, 11) is 1.51. The van der Waals surface area contributed by atoms with E-state index in [0.717, 1.165) is 10.5 Å². The van der Waals surface area contributed by atoms with Gasteiger partial charge in [-0.25, -0.2) is 0 Å². The van der Waals surface area contributed by atoms with Crippen molar-refractivity contribution < 1.29 is 19.2 Å². The van der Waals surface area contributed by atoms with E-state index in [1.54, 1.807) is 12.1 Å². The zero-order valence-corrected chi connectivity index (χ0v) is 16.0. The van der Waals surface area contributed by atoms with Crippen molar-refractivity contribution in [3.8, 4) is 5.75 Å². The van der Waals surface area contributed by atoms with Crippen molar-refractivity contribution in [2.75, 3.05) is 19.0 Å². The van der Waals surface area contributed by atoms with Gasteiger partial charge in [-0.1, -0.05) is 12.1 Å². The highest BCUT2D eigenvalue weighted by atomic mass is 16.6. The summed E-state index contributed by atoms with van der Waals surface area (Å²) in [6, 6.07) is 10.9. The highest BCUT2D eigenvalue weighted by Gasteiger charge is 2.39. The molecule has 0 radical (unpaired) electrons. The summed E-state index contributed by atoms with van der Waals surface area (Å²) in [4.78, 5) is 37.3. The standard InChI is InChI=1S/C21H19N3O5/c1-4-11-23-20(25)18(14-6-8-15(9-7-14)24(27)28)19(21(23)26)22-16-12-13(2)5-10-17(16)29-3/h4-10,12,22H,1,11H2,2-3H3. The van der Waals surface area contributed by atoms with Crippen LogP contribution in [0, 0.1) is 17.0 Å². The third kappa shape index (κ3) is 3.73. The second-order valence-corrected chi connectivity index (χ2v) is 6.39. The van der Waals surface area contributed by atoms with Crippen molar-refractivity contribution in [3.63, 3.8) is 0 Å². The number of nitro groups is 1. The SMILES string of the molecule is C=CCN1C(=O)C(Nc2cc(C)ccc2OC)=C(c2ccc([N+](=O)[O-])cc2)C1=O. The van der Waals surface area contributed by atoms with Crippen LogP contribution in [0.4, 0.5) is 11.4 Å². The Kier molecular flexibility index (Phi) is 5.45. The molecule has 8 nitrogen and oxygen atoms in total. The van der Waals surface area contributed by atoms with Crippen LogP contribution in [0.2, 0.25) is 0 Å². The van der Waals surface area contributed by atoms with E-state index in [1.165, 1.54) is 37.5 Å². The van der Waals surface area contributed by atoms with Gasteiger partial charge in [0.2, 0.25) is 0 Å². The van der Waals surface area contributed by atoms with Gasteiger partial charge < -0.3 is 10.1 Å². The van der Waals surface area contributed by atoms with Gasteiger partial charge in [-0.3, -0.25) is 24.6 Å². The molecule has 0 saturated heterocycles. The number of rotatable bonds is 7. The smallest absolute Gasteiger partial charge is 0.278 e. The minimum absolute atomic E-state index is 0.0459. The van der Waals surface area contributed by atoms with Crippen LogP contribution in [0.25, 0.3) is 5.57 Å². The fraction of sp³-hybridized carbons (Fsp3) is 0.143. The van der Waals surface area contributed by atoms with E-state index in [1.807, 2.05) is 13.0 Å². The number of hydrogen-bond acceptors (Lipinski definition) is 6. The Bertz CT molecular complexity index is 1040. The molecule has 1 heterocycles. The summed E-state index contributed by atoms with van der Waals surface area (Å²) in [5, 5.41) is 14.0. The van der Waals surface area contributed by atoms with Crippen LogP contribution in [0.15, 0.2) is 60.8 Å². The van der Waals surface area contributed by atoms with E-state index in [-0.39, 0.29) is 23.5 Å². The average molecular weight is 393 g/mol. The number of anilines is 1. The number of amides is 2. The number of non-ortho nitro benzene ring substituents is 1. The number of nitrogens with one attached hydrogen (secondary N) is 1. The van der Waals surface area contributed by atoms with E-state index < -0.39 is 16.7 Å². The molecule has 0 unspecified atom stereocenters. The van der Waals surface area contributed by atoms with E-state index in [4.69, 9.17) is 4.74 Å². The molecule has 148 valence electrons. The molecule has 0 aliphatic carbocycles. The Morgan fingerprint density at radius 2 is 1.86 bits per heavy atom. The summed E-state index contributed by atoms with van der Waals surface area (Å²) in [6.07, 6.45) is 1.46. The number of imide groups is 1. The van der Waals surface area contributed by atoms with Crippen LogP contribution >= 0.6 is 0 Å². The Morgan fingerprint density at radius 3 is 2.45 bits per heavy atom. The molecule has 0 spiro atoms. The highest BCUT2D eigenvalue weighted by molar-refractivity contribution is 6.36. The minimum atomic E-state index is -0.527. The second-order valence-electron chi connectivity index (χ2n) is 6.39. The van der Waals surface area contributed by atoms with Crippen LogP contribution in [0.1, 0.15) is 11.1 Å². The molecule has 29 heavy (non-hydrogen) atoms. The summed E-state index contributed by atoms with van der Waals surface area (Å²) in [5.41, 5.74) is 1.97. The zero-order chi connectivity index (χ0) is 21.1. The van der Waals surface area contributed by atoms with Crippen molar-refractivity contribution in [3.05, 3.63) is 82.1 Å². The molecule has 2 aromatic carbocycles. The first kappa shape index (κ1) is 19.8. The molecule has 1 aliphatic heterocycles. The number of carbonyl (C=O) groups is 2. The molecule has 3 rings (SSSR count). The average Bonchev–Trinajstić information content (AvgIpc) is 2.93. The van der Waals surface area contributed by atoms with Gasteiger partial charge in [0.1, 0.15) is 11.4 Å².